The summed E-state index contributed by atoms with van der Waals surface area (Å²) < 4.78 is 7.69. The minimum atomic E-state index is -0.241. The zero-order valence-electron chi connectivity index (χ0n) is 17.5. The molecule has 0 spiro atoms. The Balaban J connectivity index is 1.23. The topological polar surface area (TPSA) is 94.0 Å². The summed E-state index contributed by atoms with van der Waals surface area (Å²) in [7, 11) is 0. The first-order valence-corrected chi connectivity index (χ1v) is 10.3. The Morgan fingerprint density at radius 2 is 1.81 bits per heavy atom. The van der Waals surface area contributed by atoms with E-state index in [9.17, 15) is 4.79 Å². The summed E-state index contributed by atoms with van der Waals surface area (Å²) in [4.78, 5) is 15.9. The minimum absolute atomic E-state index is 0.241. The number of para-hydroxylation sites is 1. The molecule has 0 saturated heterocycles. The quantitative estimate of drug-likeness (QED) is 0.426. The molecule has 2 aromatic heterocycles. The number of rotatable bonds is 9. The number of ether oxygens (including phenoxy) is 1. The van der Waals surface area contributed by atoms with E-state index in [1.165, 1.54) is 0 Å². The van der Waals surface area contributed by atoms with Crippen LogP contribution in [0.1, 0.15) is 11.3 Å². The first-order chi connectivity index (χ1) is 15.8. The first-order valence-electron chi connectivity index (χ1n) is 10.3. The molecule has 0 aliphatic rings. The lowest BCUT2D eigenvalue weighted by Gasteiger charge is -2.10. The molecule has 0 fully saturated rings. The van der Waals surface area contributed by atoms with Crippen molar-refractivity contribution in [1.29, 1.82) is 0 Å². The molecular formula is C24H24N6O2. The second-order valence-corrected chi connectivity index (χ2v) is 7.09. The van der Waals surface area contributed by atoms with E-state index in [1.807, 2.05) is 60.8 Å². The van der Waals surface area contributed by atoms with E-state index in [2.05, 4.69) is 38.1 Å². The summed E-state index contributed by atoms with van der Waals surface area (Å²) in [5.74, 6) is 0.792. The van der Waals surface area contributed by atoms with Crippen LogP contribution >= 0.6 is 0 Å². The maximum absolute atomic E-state index is 11.9. The van der Waals surface area contributed by atoms with Crippen LogP contribution in [0.4, 0.5) is 4.79 Å². The molecule has 32 heavy (non-hydrogen) atoms. The molecule has 0 aliphatic heterocycles. The Morgan fingerprint density at radius 3 is 2.66 bits per heavy atom. The molecule has 2 amide bonds. The molecule has 0 saturated carbocycles. The Labute approximate surface area is 186 Å². The van der Waals surface area contributed by atoms with Crippen molar-refractivity contribution < 1.29 is 9.53 Å². The predicted molar refractivity (Wildman–Crippen MR) is 121 cm³/mol. The van der Waals surface area contributed by atoms with Gasteiger partial charge in [0.1, 0.15) is 18.1 Å². The predicted octanol–water partition coefficient (Wildman–Crippen LogP) is 3.42. The normalized spacial score (nSPS) is 10.5. The molecule has 0 atom stereocenters. The van der Waals surface area contributed by atoms with E-state index in [1.54, 1.807) is 17.1 Å². The van der Waals surface area contributed by atoms with Gasteiger partial charge in [-0.1, -0.05) is 59.8 Å². The zero-order chi connectivity index (χ0) is 22.0. The van der Waals surface area contributed by atoms with Crippen molar-refractivity contribution in [2.75, 3.05) is 6.54 Å². The van der Waals surface area contributed by atoms with Gasteiger partial charge in [-0.15, -0.1) is 5.10 Å². The number of hydrogen-bond acceptors (Lipinski definition) is 5. The van der Waals surface area contributed by atoms with Crippen molar-refractivity contribution in [3.05, 3.63) is 96.6 Å². The number of carbonyl (C=O) groups is 1. The maximum atomic E-state index is 11.9. The number of hydrogen-bond donors (Lipinski definition) is 2. The molecule has 8 nitrogen and oxygen atoms in total. The first kappa shape index (κ1) is 21.0. The van der Waals surface area contributed by atoms with Crippen molar-refractivity contribution in [2.24, 2.45) is 0 Å². The van der Waals surface area contributed by atoms with Gasteiger partial charge in [0.15, 0.2) is 0 Å². The molecule has 0 bridgehead atoms. The summed E-state index contributed by atoms with van der Waals surface area (Å²) in [5, 5.41) is 13.9. The van der Waals surface area contributed by atoms with Crippen molar-refractivity contribution in [3.63, 3.8) is 0 Å². The number of pyridine rings is 1. The van der Waals surface area contributed by atoms with Crippen LogP contribution in [0.2, 0.25) is 0 Å². The number of nitrogens with one attached hydrogen (secondary N) is 2. The largest absolute Gasteiger partial charge is 0.487 e. The van der Waals surface area contributed by atoms with Gasteiger partial charge in [0.25, 0.3) is 0 Å². The Kier molecular flexibility index (Phi) is 7.05. The lowest BCUT2D eigenvalue weighted by molar-refractivity contribution is 0.240. The van der Waals surface area contributed by atoms with Crippen LogP contribution in [0, 0.1) is 0 Å². The van der Waals surface area contributed by atoms with Gasteiger partial charge in [-0.3, -0.25) is 9.67 Å². The number of urea groups is 1. The lowest BCUT2D eigenvalue weighted by atomic mass is 10.1. The van der Waals surface area contributed by atoms with E-state index in [4.69, 9.17) is 4.74 Å². The third-order valence-electron chi connectivity index (χ3n) is 4.74. The van der Waals surface area contributed by atoms with Crippen LogP contribution in [0.15, 0.2) is 85.3 Å². The maximum Gasteiger partial charge on any atom is 0.315 e. The number of carbonyl (C=O) groups excluding carboxylic acids is 1. The molecule has 4 aromatic rings. The highest BCUT2D eigenvalue weighted by molar-refractivity contribution is 5.73. The summed E-state index contributed by atoms with van der Waals surface area (Å²) in [6.07, 6.45) is 5.24. The van der Waals surface area contributed by atoms with Crippen molar-refractivity contribution in [3.8, 4) is 16.9 Å². The summed E-state index contributed by atoms with van der Waals surface area (Å²) >= 11 is 0. The standard InChI is InChI=1S/C24H24N6O2/c31-24(27-16-19-7-6-12-25-15-19)26-13-14-30-17-21(28-29-30)18-32-23-11-5-4-10-22(23)20-8-2-1-3-9-20/h1-12,15,17H,13-14,16,18H2,(H2,26,27,31). The average Bonchev–Trinajstić information content (AvgIpc) is 3.30. The second-order valence-electron chi connectivity index (χ2n) is 7.09. The number of nitrogens with zero attached hydrogens (tertiary/aromatic N) is 4. The van der Waals surface area contributed by atoms with Crippen molar-refractivity contribution in [2.45, 2.75) is 19.7 Å². The van der Waals surface area contributed by atoms with Gasteiger partial charge in [0, 0.05) is 31.0 Å². The van der Waals surface area contributed by atoms with E-state index in [0.717, 1.165) is 22.4 Å². The van der Waals surface area contributed by atoms with Gasteiger partial charge < -0.3 is 15.4 Å². The molecule has 162 valence electrons. The van der Waals surface area contributed by atoms with Crippen LogP contribution in [-0.2, 0) is 19.7 Å². The number of amides is 2. The van der Waals surface area contributed by atoms with Crippen molar-refractivity contribution >= 4 is 6.03 Å². The van der Waals surface area contributed by atoms with Crippen molar-refractivity contribution in [1.82, 2.24) is 30.6 Å². The molecule has 0 aliphatic carbocycles. The van der Waals surface area contributed by atoms with E-state index < -0.39 is 0 Å². The van der Waals surface area contributed by atoms with E-state index >= 15 is 0 Å². The van der Waals surface area contributed by atoms with Crippen LogP contribution in [0.25, 0.3) is 11.1 Å². The van der Waals surface area contributed by atoms with E-state index in [-0.39, 0.29) is 6.03 Å². The highest BCUT2D eigenvalue weighted by Crippen LogP contribution is 2.29. The molecule has 4 rings (SSSR count). The summed E-state index contributed by atoms with van der Waals surface area (Å²) in [6, 6.07) is 21.5. The SMILES string of the molecule is O=C(NCCn1cc(COc2ccccc2-c2ccccc2)nn1)NCc1cccnc1. The molecule has 8 heteroatoms. The number of benzene rings is 2. The van der Waals surface area contributed by atoms with Gasteiger partial charge in [-0.25, -0.2) is 4.79 Å². The summed E-state index contributed by atoms with van der Waals surface area (Å²) in [6.45, 7) is 1.67. The number of aromatic nitrogens is 4. The third-order valence-corrected chi connectivity index (χ3v) is 4.74. The molecular weight excluding hydrogens is 404 g/mol. The Bertz CT molecular complexity index is 1130. The Hall–Kier alpha value is -4.20. The highest BCUT2D eigenvalue weighted by Gasteiger charge is 2.08. The van der Waals surface area contributed by atoms with E-state index in [0.29, 0.717) is 31.9 Å². The van der Waals surface area contributed by atoms with Gasteiger partial charge in [-0.05, 0) is 23.3 Å². The lowest BCUT2D eigenvalue weighted by Crippen LogP contribution is -2.36. The smallest absolute Gasteiger partial charge is 0.315 e. The van der Waals surface area contributed by atoms with Gasteiger partial charge in [0.05, 0.1) is 12.7 Å². The molecule has 0 radical (unpaired) electrons. The molecule has 0 unspecified atom stereocenters. The highest BCUT2D eigenvalue weighted by atomic mass is 16.5. The second kappa shape index (κ2) is 10.7. The average molecular weight is 428 g/mol. The van der Waals surface area contributed by atoms with Crippen LogP contribution < -0.4 is 15.4 Å². The molecule has 2 aromatic carbocycles. The van der Waals surface area contributed by atoms with Gasteiger partial charge in [-0.2, -0.15) is 0 Å². The van der Waals surface area contributed by atoms with Crippen LogP contribution in [-0.4, -0.2) is 32.6 Å². The zero-order valence-corrected chi connectivity index (χ0v) is 17.5. The fourth-order valence-electron chi connectivity index (χ4n) is 3.15. The van der Waals surface area contributed by atoms with Crippen LogP contribution in [0.5, 0.6) is 5.75 Å². The third kappa shape index (κ3) is 5.91. The Morgan fingerprint density at radius 1 is 0.969 bits per heavy atom. The molecule has 2 N–H and O–H groups in total. The summed E-state index contributed by atoms with van der Waals surface area (Å²) in [5.41, 5.74) is 3.79. The van der Waals surface area contributed by atoms with Gasteiger partial charge in [0.2, 0.25) is 0 Å². The molecule has 2 heterocycles. The monoisotopic (exact) mass is 428 g/mol. The fourth-order valence-corrected chi connectivity index (χ4v) is 3.15. The fraction of sp³-hybridized carbons (Fsp3) is 0.167. The van der Waals surface area contributed by atoms with Gasteiger partial charge >= 0.3 is 6.03 Å². The van der Waals surface area contributed by atoms with Crippen LogP contribution in [0.3, 0.4) is 0 Å². The minimum Gasteiger partial charge on any atom is -0.487 e.